The summed E-state index contributed by atoms with van der Waals surface area (Å²) < 4.78 is 5.11. The lowest BCUT2D eigenvalue weighted by Gasteiger charge is -2.15. The number of thiophene rings is 1. The number of allylic oxidation sites excluding steroid dienone is 1. The molecular formula is C29H23NS. The van der Waals surface area contributed by atoms with Crippen LogP contribution < -0.4 is 0 Å². The molecule has 150 valence electrons. The van der Waals surface area contributed by atoms with Crippen molar-refractivity contribution in [2.45, 2.75) is 13.8 Å². The fourth-order valence-corrected chi connectivity index (χ4v) is 6.22. The van der Waals surface area contributed by atoms with Gasteiger partial charge in [-0.1, -0.05) is 72.8 Å². The summed E-state index contributed by atoms with van der Waals surface area (Å²) in [5, 5.41) is 5.33. The van der Waals surface area contributed by atoms with Gasteiger partial charge in [-0.05, 0) is 42.7 Å². The van der Waals surface area contributed by atoms with Gasteiger partial charge in [0.05, 0.1) is 11.0 Å². The van der Waals surface area contributed by atoms with Crippen LogP contribution in [0.5, 0.6) is 0 Å². The Balaban J connectivity index is 1.89. The van der Waals surface area contributed by atoms with Crippen molar-refractivity contribution in [3.05, 3.63) is 90.5 Å². The lowest BCUT2D eigenvalue weighted by molar-refractivity contribution is 1.02. The second kappa shape index (κ2) is 6.57. The van der Waals surface area contributed by atoms with Crippen LogP contribution in [-0.4, -0.2) is 4.57 Å². The zero-order valence-corrected chi connectivity index (χ0v) is 18.8. The summed E-state index contributed by atoms with van der Waals surface area (Å²) in [5.41, 5.74) is 8.77. The first kappa shape index (κ1) is 18.4. The topological polar surface area (TPSA) is 4.93 Å². The normalized spacial score (nSPS) is 11.8. The molecule has 0 radical (unpaired) electrons. The van der Waals surface area contributed by atoms with Gasteiger partial charge in [0.15, 0.2) is 0 Å². The third-order valence-corrected chi connectivity index (χ3v) is 7.67. The molecule has 0 atom stereocenters. The first-order chi connectivity index (χ1) is 15.1. The molecule has 0 aliphatic heterocycles. The van der Waals surface area contributed by atoms with Crippen LogP contribution in [0.15, 0.2) is 79.4 Å². The Bertz CT molecular complexity index is 1680. The van der Waals surface area contributed by atoms with Gasteiger partial charge in [0.2, 0.25) is 0 Å². The minimum atomic E-state index is 1.09. The third kappa shape index (κ3) is 2.49. The lowest BCUT2D eigenvalue weighted by Crippen LogP contribution is -1.95. The predicted octanol–water partition coefficient (Wildman–Crippen LogP) is 8.71. The molecule has 0 fully saturated rings. The summed E-state index contributed by atoms with van der Waals surface area (Å²) in [6.45, 7) is 8.61. The Labute approximate surface area is 185 Å². The fourth-order valence-electron chi connectivity index (χ4n) is 5.11. The number of hydrogen-bond acceptors (Lipinski definition) is 1. The van der Waals surface area contributed by atoms with E-state index >= 15 is 0 Å². The Morgan fingerprint density at radius 3 is 2.29 bits per heavy atom. The molecular weight excluding hydrogens is 394 g/mol. The maximum absolute atomic E-state index is 4.31. The molecule has 0 aliphatic carbocycles. The van der Waals surface area contributed by atoms with Crippen molar-refractivity contribution < 1.29 is 0 Å². The van der Waals surface area contributed by atoms with Crippen LogP contribution in [-0.2, 0) is 7.05 Å². The van der Waals surface area contributed by atoms with E-state index in [1.54, 1.807) is 0 Å². The number of rotatable bonds is 2. The van der Waals surface area contributed by atoms with Crippen LogP contribution in [0.2, 0.25) is 0 Å². The van der Waals surface area contributed by atoms with Crippen molar-refractivity contribution in [3.63, 3.8) is 0 Å². The largest absolute Gasteiger partial charge is 0.343 e. The van der Waals surface area contributed by atoms with Crippen molar-refractivity contribution in [1.29, 1.82) is 0 Å². The SMILES string of the molecule is C=C(C)c1ccc2c3ccc4sc5ccccc5c4c3n(C)c2c1-c1ccccc1C. The van der Waals surface area contributed by atoms with Crippen molar-refractivity contribution in [2.24, 2.45) is 7.05 Å². The van der Waals surface area contributed by atoms with Gasteiger partial charge in [-0.2, -0.15) is 0 Å². The fraction of sp³-hybridized carbons (Fsp3) is 0.103. The molecule has 0 saturated heterocycles. The molecule has 0 spiro atoms. The van der Waals surface area contributed by atoms with E-state index in [-0.39, 0.29) is 0 Å². The van der Waals surface area contributed by atoms with Crippen LogP contribution >= 0.6 is 11.3 Å². The molecule has 0 N–H and O–H groups in total. The first-order valence-electron chi connectivity index (χ1n) is 10.6. The van der Waals surface area contributed by atoms with E-state index in [4.69, 9.17) is 0 Å². The molecule has 0 amide bonds. The van der Waals surface area contributed by atoms with Gasteiger partial charge < -0.3 is 4.57 Å². The van der Waals surface area contributed by atoms with E-state index in [9.17, 15) is 0 Å². The molecule has 0 aliphatic rings. The maximum atomic E-state index is 4.31. The van der Waals surface area contributed by atoms with Gasteiger partial charge in [0.1, 0.15) is 0 Å². The smallest absolute Gasteiger partial charge is 0.0583 e. The second-order valence-electron chi connectivity index (χ2n) is 8.47. The highest BCUT2D eigenvalue weighted by Gasteiger charge is 2.20. The second-order valence-corrected chi connectivity index (χ2v) is 9.56. The predicted molar refractivity (Wildman–Crippen MR) is 138 cm³/mol. The number of fused-ring (bicyclic) bond motifs is 7. The van der Waals surface area contributed by atoms with Gasteiger partial charge >= 0.3 is 0 Å². The Hall–Kier alpha value is -3.36. The van der Waals surface area contributed by atoms with Crippen LogP contribution in [0.25, 0.3) is 58.7 Å². The minimum Gasteiger partial charge on any atom is -0.343 e. The Kier molecular flexibility index (Phi) is 3.90. The number of hydrogen-bond donors (Lipinski definition) is 0. The molecule has 4 aromatic carbocycles. The maximum Gasteiger partial charge on any atom is 0.0583 e. The average Bonchev–Trinajstić information content (AvgIpc) is 3.29. The van der Waals surface area contributed by atoms with Crippen LogP contribution in [0.4, 0.5) is 0 Å². The van der Waals surface area contributed by atoms with Crippen molar-refractivity contribution >= 4 is 58.9 Å². The average molecular weight is 418 g/mol. The standard InChI is InChI=1S/C29H23NS/c1-17(2)19-13-14-21-22-15-16-25-27(23-11-7-8-12-24(23)31-25)29(22)30(4)28(21)26(19)20-10-6-5-9-18(20)3/h5-16H,1H2,2-4H3. The highest BCUT2D eigenvalue weighted by molar-refractivity contribution is 7.26. The van der Waals surface area contributed by atoms with Gasteiger partial charge in [0, 0.05) is 43.6 Å². The molecule has 0 bridgehead atoms. The summed E-state index contributed by atoms with van der Waals surface area (Å²) in [6, 6.07) is 26.6. The quantitative estimate of drug-likeness (QED) is 0.265. The summed E-state index contributed by atoms with van der Waals surface area (Å²) in [6.07, 6.45) is 0. The molecule has 1 nitrogen and oxygen atoms in total. The zero-order chi connectivity index (χ0) is 21.3. The van der Waals surface area contributed by atoms with Gasteiger partial charge in [0.25, 0.3) is 0 Å². The number of aromatic nitrogens is 1. The van der Waals surface area contributed by atoms with Crippen molar-refractivity contribution in [2.75, 3.05) is 0 Å². The molecule has 2 heterocycles. The summed E-state index contributed by atoms with van der Waals surface area (Å²) >= 11 is 1.88. The minimum absolute atomic E-state index is 1.09. The van der Waals surface area contributed by atoms with Gasteiger partial charge in [-0.25, -0.2) is 0 Å². The molecule has 31 heavy (non-hydrogen) atoms. The van der Waals surface area contributed by atoms with E-state index in [1.165, 1.54) is 64.2 Å². The van der Waals surface area contributed by atoms with E-state index in [0.717, 1.165) is 5.57 Å². The molecule has 0 unspecified atom stereocenters. The Morgan fingerprint density at radius 1 is 0.774 bits per heavy atom. The van der Waals surface area contributed by atoms with Crippen molar-refractivity contribution in [3.8, 4) is 11.1 Å². The van der Waals surface area contributed by atoms with E-state index in [0.29, 0.717) is 0 Å². The summed E-state index contributed by atoms with van der Waals surface area (Å²) in [7, 11) is 2.22. The molecule has 2 heteroatoms. The van der Waals surface area contributed by atoms with Gasteiger partial charge in [-0.3, -0.25) is 0 Å². The monoisotopic (exact) mass is 417 g/mol. The molecule has 6 aromatic rings. The number of nitrogens with zero attached hydrogens (tertiary/aromatic N) is 1. The highest BCUT2D eigenvalue weighted by atomic mass is 32.1. The number of benzene rings is 4. The third-order valence-electron chi connectivity index (χ3n) is 6.53. The van der Waals surface area contributed by atoms with Crippen molar-refractivity contribution in [1.82, 2.24) is 4.57 Å². The molecule has 2 aromatic heterocycles. The highest BCUT2D eigenvalue weighted by Crippen LogP contribution is 2.45. The zero-order valence-electron chi connectivity index (χ0n) is 18.0. The number of aryl methyl sites for hydroxylation is 2. The van der Waals surface area contributed by atoms with Crippen LogP contribution in [0.1, 0.15) is 18.1 Å². The summed E-state index contributed by atoms with van der Waals surface area (Å²) in [4.78, 5) is 0. The van der Waals surface area contributed by atoms with E-state index < -0.39 is 0 Å². The Morgan fingerprint density at radius 2 is 1.48 bits per heavy atom. The van der Waals surface area contributed by atoms with E-state index in [2.05, 4.69) is 105 Å². The van der Waals surface area contributed by atoms with Crippen LogP contribution in [0, 0.1) is 6.92 Å². The van der Waals surface area contributed by atoms with Gasteiger partial charge in [-0.15, -0.1) is 11.3 Å². The lowest BCUT2D eigenvalue weighted by atomic mass is 9.91. The van der Waals surface area contributed by atoms with Crippen LogP contribution in [0.3, 0.4) is 0 Å². The first-order valence-corrected chi connectivity index (χ1v) is 11.4. The summed E-state index contributed by atoms with van der Waals surface area (Å²) in [5.74, 6) is 0. The molecule has 6 rings (SSSR count). The van der Waals surface area contributed by atoms with E-state index in [1.807, 2.05) is 11.3 Å². The molecule has 0 saturated carbocycles.